The van der Waals surface area contributed by atoms with Gasteiger partial charge in [0, 0.05) is 17.0 Å². The van der Waals surface area contributed by atoms with E-state index >= 15 is 0 Å². The molecule has 2 aromatic carbocycles. The molecule has 0 fully saturated rings. The lowest BCUT2D eigenvalue weighted by molar-refractivity contribution is -0.274. The number of rotatable bonds is 4. The summed E-state index contributed by atoms with van der Waals surface area (Å²) in [5, 5.41) is 7.95. The lowest BCUT2D eigenvalue weighted by Crippen LogP contribution is -2.55. The van der Waals surface area contributed by atoms with Crippen molar-refractivity contribution in [2.45, 2.75) is 18.4 Å². The Kier molecular flexibility index (Phi) is 6.54. The topological polar surface area (TPSA) is 116 Å². The number of benzene rings is 2. The second-order valence-electron chi connectivity index (χ2n) is 7.60. The Morgan fingerprint density at radius 2 is 1.89 bits per heavy atom. The van der Waals surface area contributed by atoms with Gasteiger partial charge in [0.25, 0.3) is 0 Å². The Bertz CT molecular complexity index is 1280. The molecule has 2 aliphatic rings. The van der Waals surface area contributed by atoms with Crippen LogP contribution in [0.2, 0.25) is 5.02 Å². The first-order chi connectivity index (χ1) is 17.0. The number of urea groups is 1. The molecule has 2 aromatic rings. The summed E-state index contributed by atoms with van der Waals surface area (Å²) in [6.07, 6.45) is -4.91. The zero-order valence-corrected chi connectivity index (χ0v) is 19.4. The van der Waals surface area contributed by atoms with Gasteiger partial charge in [-0.25, -0.2) is 14.4 Å². The SMILES string of the molecule is COC(=O)c1cc(OC(F)(F)F)ccc1NC(=O)N1COC2(C(=O)OC)Cc3cc(Cl)ccc3C2=N1. The van der Waals surface area contributed by atoms with Crippen LogP contribution in [0, 0.1) is 0 Å². The molecule has 0 saturated carbocycles. The van der Waals surface area contributed by atoms with E-state index in [2.05, 4.69) is 19.9 Å². The maximum atomic E-state index is 13.0. The van der Waals surface area contributed by atoms with Gasteiger partial charge in [0.2, 0.25) is 5.60 Å². The molecule has 0 radical (unpaired) electrons. The van der Waals surface area contributed by atoms with Gasteiger partial charge in [0.1, 0.15) is 18.2 Å². The van der Waals surface area contributed by atoms with Gasteiger partial charge in [-0.3, -0.25) is 0 Å². The molecule has 1 aliphatic carbocycles. The summed E-state index contributed by atoms with van der Waals surface area (Å²) >= 11 is 6.07. The van der Waals surface area contributed by atoms with Crippen molar-refractivity contribution in [1.82, 2.24) is 5.01 Å². The van der Waals surface area contributed by atoms with Crippen LogP contribution in [0.1, 0.15) is 21.5 Å². The highest BCUT2D eigenvalue weighted by molar-refractivity contribution is 6.31. The predicted molar refractivity (Wildman–Crippen MR) is 118 cm³/mol. The second kappa shape index (κ2) is 9.32. The van der Waals surface area contributed by atoms with E-state index in [-0.39, 0.29) is 17.8 Å². The molecule has 14 heteroatoms. The largest absolute Gasteiger partial charge is 0.573 e. The van der Waals surface area contributed by atoms with Crippen molar-refractivity contribution < 1.29 is 46.5 Å². The van der Waals surface area contributed by atoms with E-state index in [1.165, 1.54) is 7.11 Å². The fraction of sp³-hybridized carbons (Fsp3) is 0.273. The lowest BCUT2D eigenvalue weighted by Gasteiger charge is -2.34. The Morgan fingerprint density at radius 1 is 1.14 bits per heavy atom. The van der Waals surface area contributed by atoms with Crippen LogP contribution >= 0.6 is 11.6 Å². The molecule has 10 nitrogen and oxygen atoms in total. The van der Waals surface area contributed by atoms with E-state index in [1.54, 1.807) is 18.2 Å². The molecule has 190 valence electrons. The molecule has 36 heavy (non-hydrogen) atoms. The number of hydrogen-bond donors (Lipinski definition) is 1. The zero-order valence-electron chi connectivity index (χ0n) is 18.6. The fourth-order valence-electron chi connectivity index (χ4n) is 3.87. The molecule has 2 amide bonds. The van der Waals surface area contributed by atoms with Gasteiger partial charge in [0.05, 0.1) is 25.5 Å². The maximum absolute atomic E-state index is 13.0. The van der Waals surface area contributed by atoms with Crippen molar-refractivity contribution in [2.75, 3.05) is 26.3 Å². The van der Waals surface area contributed by atoms with Gasteiger partial charge in [-0.1, -0.05) is 17.7 Å². The standard InChI is InChI=1S/C22H17ClF3N3O7/c1-33-18(30)15-8-13(36-22(24,25)26)4-6-16(15)27-20(32)29-10-35-21(19(31)34-2)9-11-7-12(23)3-5-14(11)17(21)28-29/h3-8H,9-10H2,1-2H3,(H,27,32). The number of nitrogens with one attached hydrogen (secondary N) is 1. The Labute approximate surface area is 206 Å². The van der Waals surface area contributed by atoms with Crippen LogP contribution in [0.15, 0.2) is 41.5 Å². The van der Waals surface area contributed by atoms with Crippen molar-refractivity contribution in [3.8, 4) is 5.75 Å². The summed E-state index contributed by atoms with van der Waals surface area (Å²) in [5.74, 6) is -2.43. The first-order valence-corrected chi connectivity index (χ1v) is 10.5. The van der Waals surface area contributed by atoms with Crippen LogP contribution in [-0.2, 0) is 25.4 Å². The number of carbonyl (C=O) groups is 3. The summed E-state index contributed by atoms with van der Waals surface area (Å²) in [6.45, 7) is -0.477. The van der Waals surface area contributed by atoms with Gasteiger partial charge < -0.3 is 24.3 Å². The number of ether oxygens (including phenoxy) is 4. The molecule has 0 aromatic heterocycles. The van der Waals surface area contributed by atoms with E-state index in [0.717, 1.165) is 30.3 Å². The molecular formula is C22H17ClF3N3O7. The minimum Gasteiger partial charge on any atom is -0.467 e. The Hall–Kier alpha value is -3.84. The number of amides is 2. The molecule has 1 heterocycles. The summed E-state index contributed by atoms with van der Waals surface area (Å²) in [5.41, 5.74) is -0.877. The normalized spacial score (nSPS) is 18.5. The minimum absolute atomic E-state index is 0.0804. The molecule has 4 rings (SSSR count). The summed E-state index contributed by atoms with van der Waals surface area (Å²) in [6, 6.07) is 6.67. The van der Waals surface area contributed by atoms with Crippen LogP contribution in [0.25, 0.3) is 0 Å². The average Bonchev–Trinajstić information content (AvgIpc) is 3.16. The smallest absolute Gasteiger partial charge is 0.467 e. The molecule has 0 spiro atoms. The van der Waals surface area contributed by atoms with Crippen molar-refractivity contribution in [1.29, 1.82) is 0 Å². The number of anilines is 1. The molecule has 0 bridgehead atoms. The highest BCUT2D eigenvalue weighted by atomic mass is 35.5. The summed E-state index contributed by atoms with van der Waals surface area (Å²) < 4.78 is 56.8. The van der Waals surface area contributed by atoms with Crippen molar-refractivity contribution in [2.24, 2.45) is 5.10 Å². The van der Waals surface area contributed by atoms with Crippen molar-refractivity contribution in [3.05, 3.63) is 58.1 Å². The predicted octanol–water partition coefficient (Wildman–Crippen LogP) is 3.72. The van der Waals surface area contributed by atoms with E-state index < -0.39 is 48.0 Å². The fourth-order valence-corrected chi connectivity index (χ4v) is 4.06. The molecular weight excluding hydrogens is 511 g/mol. The number of hydrazone groups is 1. The van der Waals surface area contributed by atoms with Gasteiger partial charge in [-0.05, 0) is 35.9 Å². The van der Waals surface area contributed by atoms with Crippen LogP contribution < -0.4 is 10.1 Å². The number of hydrogen-bond acceptors (Lipinski definition) is 8. The van der Waals surface area contributed by atoms with Gasteiger partial charge >= 0.3 is 24.3 Å². The minimum atomic E-state index is -4.99. The Morgan fingerprint density at radius 3 is 2.56 bits per heavy atom. The monoisotopic (exact) mass is 527 g/mol. The molecule has 1 atom stereocenters. The third-order valence-electron chi connectivity index (χ3n) is 5.42. The van der Waals surface area contributed by atoms with Gasteiger partial charge in [0.15, 0.2) is 0 Å². The molecule has 1 aliphatic heterocycles. The highest BCUT2D eigenvalue weighted by Crippen LogP contribution is 2.38. The second-order valence-corrected chi connectivity index (χ2v) is 8.03. The first kappa shape index (κ1) is 25.3. The number of carbonyl (C=O) groups excluding carboxylic acids is 3. The molecule has 1 unspecified atom stereocenters. The third-order valence-corrected chi connectivity index (χ3v) is 5.65. The van der Waals surface area contributed by atoms with Crippen molar-refractivity contribution >= 4 is 41.0 Å². The first-order valence-electron chi connectivity index (χ1n) is 10.1. The van der Waals surface area contributed by atoms with Gasteiger partial charge in [-0.2, -0.15) is 10.1 Å². The maximum Gasteiger partial charge on any atom is 0.573 e. The zero-order chi connectivity index (χ0) is 26.3. The third kappa shape index (κ3) is 4.66. The molecule has 0 saturated heterocycles. The number of halogens is 4. The number of nitrogens with zero attached hydrogens (tertiary/aromatic N) is 2. The molecule has 1 N–H and O–H groups in total. The van der Waals surface area contributed by atoms with Crippen molar-refractivity contribution in [3.63, 3.8) is 0 Å². The highest BCUT2D eigenvalue weighted by Gasteiger charge is 2.55. The Balaban J connectivity index is 1.66. The number of fused-ring (bicyclic) bond motifs is 3. The number of esters is 2. The van der Waals surface area contributed by atoms with Gasteiger partial charge in [-0.15, -0.1) is 13.2 Å². The van der Waals surface area contributed by atoms with E-state index in [4.69, 9.17) is 21.1 Å². The van der Waals surface area contributed by atoms with Crippen LogP contribution in [0.4, 0.5) is 23.7 Å². The van der Waals surface area contributed by atoms with E-state index in [0.29, 0.717) is 16.1 Å². The van der Waals surface area contributed by atoms with E-state index in [1.807, 2.05) is 0 Å². The number of methoxy groups -OCH3 is 2. The average molecular weight is 528 g/mol. The van der Waals surface area contributed by atoms with E-state index in [9.17, 15) is 27.6 Å². The lowest BCUT2D eigenvalue weighted by atomic mass is 9.97. The van der Waals surface area contributed by atoms with Crippen LogP contribution in [-0.4, -0.2) is 61.6 Å². The van der Waals surface area contributed by atoms with Crippen LogP contribution in [0.3, 0.4) is 0 Å². The van der Waals surface area contributed by atoms with Crippen LogP contribution in [0.5, 0.6) is 5.75 Å². The summed E-state index contributed by atoms with van der Waals surface area (Å²) in [7, 11) is 2.21. The number of alkyl halides is 3. The quantitative estimate of drug-likeness (QED) is 0.602. The summed E-state index contributed by atoms with van der Waals surface area (Å²) in [4.78, 5) is 37.8.